The van der Waals surface area contributed by atoms with Crippen molar-refractivity contribution in [1.29, 1.82) is 0 Å². The molecule has 5 aromatic rings. The summed E-state index contributed by atoms with van der Waals surface area (Å²) in [4.78, 5) is 63.9. The highest BCUT2D eigenvalue weighted by molar-refractivity contribution is 6.06. The molecular weight excluding hydrogens is 924 g/mol. The number of nitrogens with one attached hydrogen (secondary N) is 2. The van der Waals surface area contributed by atoms with E-state index in [2.05, 4.69) is 56.2 Å². The number of nitrogens with zero attached hydrogens (tertiary/aromatic N) is 8. The van der Waals surface area contributed by atoms with Crippen LogP contribution in [0.5, 0.6) is 11.8 Å². The summed E-state index contributed by atoms with van der Waals surface area (Å²) in [7, 11) is 0. The fraction of sp³-hybridized carbons (Fsp3) is 0.544. The average Bonchev–Trinajstić information content (AvgIpc) is 3.96. The van der Waals surface area contributed by atoms with Crippen molar-refractivity contribution in [2.24, 2.45) is 16.2 Å². The van der Waals surface area contributed by atoms with E-state index in [4.69, 9.17) is 19.7 Å². The molecule has 382 valence electrons. The number of phenolic OH excluding ortho intramolecular Hbond substituents is 1. The summed E-state index contributed by atoms with van der Waals surface area (Å²) in [5, 5.41) is 19.2. The number of aromatic nitrogens is 3. The van der Waals surface area contributed by atoms with Gasteiger partial charge in [-0.25, -0.2) is 4.39 Å². The number of anilines is 2. The van der Waals surface area contributed by atoms with Crippen LogP contribution < -0.4 is 25.2 Å². The zero-order chi connectivity index (χ0) is 49.8. The van der Waals surface area contributed by atoms with Gasteiger partial charge in [-0.2, -0.15) is 9.97 Å². The quantitative estimate of drug-likeness (QED) is 0.112. The van der Waals surface area contributed by atoms with Crippen LogP contribution in [0.25, 0.3) is 32.9 Å². The summed E-state index contributed by atoms with van der Waals surface area (Å²) < 4.78 is 23.8. The van der Waals surface area contributed by atoms with Crippen molar-refractivity contribution in [1.82, 2.24) is 40.3 Å². The van der Waals surface area contributed by atoms with Crippen molar-refractivity contribution < 1.29 is 28.6 Å². The maximum Gasteiger partial charge on any atom is 0.319 e. The van der Waals surface area contributed by atoms with Gasteiger partial charge in [0.1, 0.15) is 28.8 Å². The number of aryl methyl sites for hydroxylation is 1. The number of phenols is 1. The largest absolute Gasteiger partial charge is 0.508 e. The van der Waals surface area contributed by atoms with Gasteiger partial charge in [0, 0.05) is 106 Å². The van der Waals surface area contributed by atoms with Crippen LogP contribution in [0.2, 0.25) is 0 Å². The van der Waals surface area contributed by atoms with E-state index in [1.807, 2.05) is 24.3 Å². The molecule has 3 amide bonds. The molecule has 1 saturated carbocycles. The van der Waals surface area contributed by atoms with Crippen LogP contribution >= 0.6 is 0 Å². The van der Waals surface area contributed by atoms with E-state index in [-0.39, 0.29) is 57.9 Å². The van der Waals surface area contributed by atoms with Crippen LogP contribution in [0.1, 0.15) is 99.5 Å². The van der Waals surface area contributed by atoms with E-state index in [1.165, 1.54) is 0 Å². The number of hydrogen-bond donors (Lipinski definition) is 3. The molecule has 6 saturated heterocycles. The van der Waals surface area contributed by atoms with E-state index < -0.39 is 11.9 Å². The molecule has 1 aliphatic carbocycles. The zero-order valence-electron chi connectivity index (χ0n) is 42.2. The number of piperazine rings is 1. The van der Waals surface area contributed by atoms with Crippen molar-refractivity contribution in [2.45, 2.75) is 109 Å². The minimum absolute atomic E-state index is 0.0193. The molecule has 3 N–H and O–H groups in total. The predicted octanol–water partition coefficient (Wildman–Crippen LogP) is 6.82. The summed E-state index contributed by atoms with van der Waals surface area (Å²) in [5.41, 5.74) is 5.38. The summed E-state index contributed by atoms with van der Waals surface area (Å²) in [6.45, 7) is 15.5. The van der Waals surface area contributed by atoms with Crippen LogP contribution in [-0.2, 0) is 22.6 Å². The summed E-state index contributed by atoms with van der Waals surface area (Å²) in [5.74, 6) is -0.577. The Balaban J connectivity index is 0.629. The third kappa shape index (κ3) is 8.64. The van der Waals surface area contributed by atoms with Gasteiger partial charge >= 0.3 is 6.01 Å². The lowest BCUT2D eigenvalue weighted by Crippen LogP contribution is -2.62. The number of carbonyl (C=O) groups is 3. The summed E-state index contributed by atoms with van der Waals surface area (Å²) >= 11 is 0. The standard InChI is InChI=1S/C57H67FN10O5/c1-3-35-5-4-6-36-24-41(69)25-43(47(35)36)49-48(58)50-44(26-59-49)51(67-28-38-7-8-39(29-67)60-38)63-54(62-50)73-34-57(13-14-57)33-64-19-15-55(2,16-20-64)30-65-31-56(32-65)17-21-66(22-18-56)40-9-10-42-37(23-40)27-68(53(42)72)45-11-12-46(70)61-52(45)71/h4-6,9-10,23-26,38-39,45,60,69H,3,7-8,11-22,27-34H2,1-2H3,(H,61,70,71)/t38?,39?,45-/m0/s1. The second kappa shape index (κ2) is 17.9. The fourth-order valence-corrected chi connectivity index (χ4v) is 13.9. The minimum Gasteiger partial charge on any atom is -0.508 e. The first-order valence-corrected chi connectivity index (χ1v) is 27.0. The van der Waals surface area contributed by atoms with E-state index in [1.54, 1.807) is 23.2 Å². The Hall–Kier alpha value is -5.97. The lowest BCUT2D eigenvalue weighted by atomic mass is 9.70. The fourth-order valence-electron chi connectivity index (χ4n) is 13.9. The first kappa shape index (κ1) is 46.8. The predicted molar refractivity (Wildman–Crippen MR) is 277 cm³/mol. The van der Waals surface area contributed by atoms with Gasteiger partial charge in [-0.15, -0.1) is 0 Å². The molecule has 7 aliphatic heterocycles. The highest BCUT2D eigenvalue weighted by Crippen LogP contribution is 2.49. The first-order valence-electron chi connectivity index (χ1n) is 27.0. The van der Waals surface area contributed by atoms with Crippen molar-refractivity contribution in [2.75, 3.05) is 81.9 Å². The number of ether oxygens (including phenoxy) is 1. The second-order valence-corrected chi connectivity index (χ2v) is 23.7. The highest BCUT2D eigenvalue weighted by atomic mass is 19.1. The van der Waals surface area contributed by atoms with Gasteiger partial charge in [-0.1, -0.05) is 32.0 Å². The van der Waals surface area contributed by atoms with E-state index in [0.29, 0.717) is 59.4 Å². The molecular formula is C57H67FN10O5. The summed E-state index contributed by atoms with van der Waals surface area (Å²) in [6.07, 6.45) is 12.1. The number of halogens is 1. The number of carbonyl (C=O) groups excluding carboxylic acids is 3. The monoisotopic (exact) mass is 991 g/mol. The third-order valence-corrected chi connectivity index (χ3v) is 18.4. The number of benzene rings is 3. The SMILES string of the molecule is CCc1cccc2cc(O)cc(-c3ncc4c(N5CC6CCC(C5)N6)nc(OCC5(CN6CCC(C)(CN7CC8(CCN(c9ccc%10c(c9)CN([C@H]9CCC(=O)NC9=O)C%10=O)CC8)C7)CC6)CC5)nc4c3F)c12. The molecule has 13 rings (SSSR count). The van der Waals surface area contributed by atoms with Gasteiger partial charge < -0.3 is 39.7 Å². The number of amides is 3. The highest BCUT2D eigenvalue weighted by Gasteiger charge is 2.49. The molecule has 7 fully saturated rings. The van der Waals surface area contributed by atoms with Crippen LogP contribution in [0.15, 0.2) is 54.7 Å². The Kier molecular flexibility index (Phi) is 11.4. The number of pyridine rings is 1. The molecule has 3 atom stereocenters. The van der Waals surface area contributed by atoms with E-state index in [0.717, 1.165) is 151 Å². The van der Waals surface area contributed by atoms with Crippen molar-refractivity contribution in [3.63, 3.8) is 0 Å². The van der Waals surface area contributed by atoms with Crippen molar-refractivity contribution in [3.05, 3.63) is 77.2 Å². The summed E-state index contributed by atoms with van der Waals surface area (Å²) in [6, 6.07) is 15.7. The smallest absolute Gasteiger partial charge is 0.319 e. The number of imide groups is 1. The lowest BCUT2D eigenvalue weighted by molar-refractivity contribution is -0.136. The van der Waals surface area contributed by atoms with Gasteiger partial charge in [-0.05, 0) is 140 Å². The Morgan fingerprint density at radius 2 is 1.63 bits per heavy atom. The van der Waals surface area contributed by atoms with Crippen molar-refractivity contribution in [3.8, 4) is 23.0 Å². The van der Waals surface area contributed by atoms with Crippen LogP contribution in [0.4, 0.5) is 15.9 Å². The van der Waals surface area contributed by atoms with Gasteiger partial charge in [0.15, 0.2) is 5.82 Å². The number of fused-ring (bicyclic) bond motifs is 5. The van der Waals surface area contributed by atoms with Crippen LogP contribution in [-0.4, -0.2) is 143 Å². The second-order valence-electron chi connectivity index (χ2n) is 23.7. The number of likely N-dealkylation sites (tertiary alicyclic amines) is 2. The van der Waals surface area contributed by atoms with Crippen molar-refractivity contribution >= 4 is 50.9 Å². The molecule has 73 heavy (non-hydrogen) atoms. The normalized spacial score (nSPS) is 25.4. The minimum atomic E-state index is -0.599. The molecule has 0 radical (unpaired) electrons. The van der Waals surface area contributed by atoms with E-state index >= 15 is 4.39 Å². The molecule has 3 aromatic carbocycles. The molecule has 15 nitrogen and oxygen atoms in total. The number of piperidine rings is 3. The Labute approximate surface area is 425 Å². The average molecular weight is 991 g/mol. The Morgan fingerprint density at radius 1 is 0.849 bits per heavy atom. The molecule has 1 spiro atoms. The third-order valence-electron chi connectivity index (χ3n) is 18.4. The molecule has 16 heteroatoms. The maximum atomic E-state index is 17.2. The van der Waals surface area contributed by atoms with Gasteiger partial charge in [-0.3, -0.25) is 24.7 Å². The zero-order valence-corrected chi connectivity index (χ0v) is 42.2. The molecule has 2 bridgehead atoms. The molecule has 9 heterocycles. The number of rotatable bonds is 12. The molecule has 8 aliphatic rings. The van der Waals surface area contributed by atoms with Gasteiger partial charge in [0.25, 0.3) is 5.91 Å². The maximum absolute atomic E-state index is 17.2. The van der Waals surface area contributed by atoms with E-state index in [9.17, 15) is 19.5 Å². The van der Waals surface area contributed by atoms with Crippen LogP contribution in [0, 0.1) is 22.1 Å². The number of hydrogen-bond acceptors (Lipinski definition) is 13. The topological polar surface area (TPSA) is 160 Å². The number of aromatic hydroxyl groups is 1. The first-order chi connectivity index (χ1) is 35.3. The molecule has 2 aromatic heterocycles. The molecule has 2 unspecified atom stereocenters. The Morgan fingerprint density at radius 3 is 2.37 bits per heavy atom. The van der Waals surface area contributed by atoms with Crippen LogP contribution in [0.3, 0.4) is 0 Å². The lowest BCUT2D eigenvalue weighted by Gasteiger charge is -2.57. The van der Waals surface area contributed by atoms with Gasteiger partial charge in [0.05, 0.1) is 12.0 Å². The van der Waals surface area contributed by atoms with Gasteiger partial charge in [0.2, 0.25) is 11.8 Å². The Bertz CT molecular complexity index is 3040.